The lowest BCUT2D eigenvalue weighted by molar-refractivity contribution is -0.133. The normalized spacial score (nSPS) is 15.4. The molecule has 2 atom stereocenters. The van der Waals surface area contributed by atoms with Crippen molar-refractivity contribution in [1.82, 2.24) is 4.90 Å². The predicted octanol–water partition coefficient (Wildman–Crippen LogP) is 5.20. The molecule has 11 nitrogen and oxygen atoms in total. The van der Waals surface area contributed by atoms with E-state index >= 15 is 0 Å². The topological polar surface area (TPSA) is 157 Å². The number of hydrogen-bond donors (Lipinski definition) is 3. The van der Waals surface area contributed by atoms with Gasteiger partial charge in [0, 0.05) is 23.5 Å². The molecule has 0 unspecified atom stereocenters. The molecular weight excluding hydrogens is 603 g/mol. The summed E-state index contributed by atoms with van der Waals surface area (Å²) in [6, 6.07) is 13.1. The molecule has 0 spiro atoms. The molecular formula is C32H37FN4O7S. The van der Waals surface area contributed by atoms with Gasteiger partial charge in [0.25, 0.3) is 0 Å². The summed E-state index contributed by atoms with van der Waals surface area (Å²) in [5.74, 6) is -1.71. The average molecular weight is 641 g/mol. The van der Waals surface area contributed by atoms with Crippen molar-refractivity contribution in [1.29, 1.82) is 0 Å². The van der Waals surface area contributed by atoms with Gasteiger partial charge < -0.3 is 25.4 Å². The number of benzene rings is 3. The molecule has 0 saturated carbocycles. The van der Waals surface area contributed by atoms with Gasteiger partial charge in [-0.25, -0.2) is 17.6 Å². The molecule has 0 aromatic heterocycles. The van der Waals surface area contributed by atoms with E-state index in [9.17, 15) is 27.2 Å². The molecule has 45 heavy (non-hydrogen) atoms. The first kappa shape index (κ1) is 33.2. The van der Waals surface area contributed by atoms with E-state index in [1.54, 1.807) is 43.9 Å². The highest BCUT2D eigenvalue weighted by Gasteiger charge is 2.38. The summed E-state index contributed by atoms with van der Waals surface area (Å²) >= 11 is 0. The number of hydrogen-bond acceptors (Lipinski definition) is 8. The van der Waals surface area contributed by atoms with E-state index in [1.165, 1.54) is 49.6 Å². The lowest BCUT2D eigenvalue weighted by atomic mass is 10.0. The fraction of sp³-hybridized carbons (Fsp3) is 0.344. The number of amides is 3. The van der Waals surface area contributed by atoms with Crippen molar-refractivity contribution in [2.75, 3.05) is 30.9 Å². The van der Waals surface area contributed by atoms with Gasteiger partial charge in [-0.05, 0) is 93.3 Å². The summed E-state index contributed by atoms with van der Waals surface area (Å²) in [6.07, 6.45) is 0.290. The van der Waals surface area contributed by atoms with Crippen LogP contribution in [-0.2, 0) is 19.4 Å². The monoisotopic (exact) mass is 640 g/mol. The molecule has 3 aromatic rings. The van der Waals surface area contributed by atoms with Gasteiger partial charge in [-0.3, -0.25) is 14.9 Å². The van der Waals surface area contributed by atoms with Crippen LogP contribution in [0.1, 0.15) is 67.2 Å². The SMILES string of the molecule is CCOc1cc([C@H](Nc2cccc(C(N)=O)c2)C(=O)N2CCC[C@@H]2c2cc(NC(=O)OC)ccc2S(=O)(=O)C(C)C)ccc1F. The third-order valence-corrected chi connectivity index (χ3v) is 9.78. The van der Waals surface area contributed by atoms with Gasteiger partial charge in [0.2, 0.25) is 11.8 Å². The lowest BCUT2D eigenvalue weighted by Crippen LogP contribution is -2.38. The largest absolute Gasteiger partial charge is 0.491 e. The molecule has 1 fully saturated rings. The zero-order valence-corrected chi connectivity index (χ0v) is 26.3. The van der Waals surface area contributed by atoms with Crippen molar-refractivity contribution in [3.63, 3.8) is 0 Å². The van der Waals surface area contributed by atoms with Crippen LogP contribution in [0.5, 0.6) is 5.75 Å². The van der Waals surface area contributed by atoms with Gasteiger partial charge in [0.05, 0.1) is 29.9 Å². The van der Waals surface area contributed by atoms with E-state index in [0.717, 1.165) is 0 Å². The van der Waals surface area contributed by atoms with Crippen LogP contribution in [0.15, 0.2) is 65.6 Å². The summed E-state index contributed by atoms with van der Waals surface area (Å²) in [5, 5.41) is 4.99. The van der Waals surface area contributed by atoms with E-state index in [-0.39, 0.29) is 22.8 Å². The Morgan fingerprint density at radius 3 is 2.49 bits per heavy atom. The van der Waals surface area contributed by atoms with Gasteiger partial charge >= 0.3 is 6.09 Å². The molecule has 1 heterocycles. The molecule has 0 bridgehead atoms. The number of rotatable bonds is 11. The molecule has 1 aliphatic heterocycles. The standard InChI is InChI=1S/C32H37FN4O7S/c1-5-44-27-17-20(11-13-25(27)33)29(35-22-9-6-8-21(16-22)30(34)38)31(39)37-15-7-10-26(37)24-18-23(36-32(40)43-4)12-14-28(24)45(41,42)19(2)3/h6,8-9,11-14,16-19,26,29,35H,5,7,10,15H2,1-4H3,(H2,34,38)(H,36,40)/t26-,29+/m1/s1. The fourth-order valence-electron chi connectivity index (χ4n) is 5.27. The molecule has 1 aliphatic rings. The van der Waals surface area contributed by atoms with Gasteiger partial charge in [-0.2, -0.15) is 0 Å². The Morgan fingerprint density at radius 1 is 1.07 bits per heavy atom. The lowest BCUT2D eigenvalue weighted by Gasteiger charge is -2.32. The second-order valence-corrected chi connectivity index (χ2v) is 13.3. The average Bonchev–Trinajstić information content (AvgIpc) is 3.51. The number of halogens is 1. The zero-order chi connectivity index (χ0) is 32.9. The number of ether oxygens (including phenoxy) is 2. The number of nitrogens with one attached hydrogen (secondary N) is 2. The van der Waals surface area contributed by atoms with Gasteiger partial charge in [-0.15, -0.1) is 0 Å². The maximum atomic E-state index is 14.6. The highest BCUT2D eigenvalue weighted by molar-refractivity contribution is 7.92. The molecule has 3 aromatic carbocycles. The molecule has 4 N–H and O–H groups in total. The molecule has 4 rings (SSSR count). The Labute approximate surface area is 261 Å². The Kier molecular flexibility index (Phi) is 10.3. The van der Waals surface area contributed by atoms with Crippen LogP contribution >= 0.6 is 0 Å². The Morgan fingerprint density at radius 2 is 1.82 bits per heavy atom. The minimum atomic E-state index is -3.79. The van der Waals surface area contributed by atoms with E-state index in [2.05, 4.69) is 10.6 Å². The second-order valence-electron chi connectivity index (χ2n) is 10.8. The summed E-state index contributed by atoms with van der Waals surface area (Å²) < 4.78 is 51.7. The minimum absolute atomic E-state index is 0.0367. The number of nitrogens with zero attached hydrogens (tertiary/aromatic N) is 1. The van der Waals surface area contributed by atoms with Crippen molar-refractivity contribution in [2.45, 2.75) is 55.8 Å². The smallest absolute Gasteiger partial charge is 0.411 e. The third kappa shape index (κ3) is 7.36. The van der Waals surface area contributed by atoms with Crippen molar-refractivity contribution >= 4 is 39.1 Å². The first-order chi connectivity index (χ1) is 21.4. The van der Waals surface area contributed by atoms with E-state index < -0.39 is 50.9 Å². The quantitative estimate of drug-likeness (QED) is 0.258. The number of carbonyl (C=O) groups excluding carboxylic acids is 3. The minimum Gasteiger partial charge on any atom is -0.491 e. The highest BCUT2D eigenvalue weighted by Crippen LogP contribution is 2.40. The van der Waals surface area contributed by atoms with E-state index in [0.29, 0.717) is 41.9 Å². The number of methoxy groups -OCH3 is 1. The molecule has 1 saturated heterocycles. The van der Waals surface area contributed by atoms with Crippen molar-refractivity contribution in [3.05, 3.63) is 83.2 Å². The molecule has 0 aliphatic carbocycles. The number of nitrogens with two attached hydrogens (primary N) is 1. The summed E-state index contributed by atoms with van der Waals surface area (Å²) in [7, 11) is -2.58. The van der Waals surface area contributed by atoms with E-state index in [4.69, 9.17) is 15.2 Å². The zero-order valence-electron chi connectivity index (χ0n) is 25.5. The van der Waals surface area contributed by atoms with Gasteiger partial charge in [0.1, 0.15) is 6.04 Å². The van der Waals surface area contributed by atoms with Crippen LogP contribution in [0.25, 0.3) is 0 Å². The number of primary amides is 1. The second kappa shape index (κ2) is 14.0. The number of likely N-dealkylation sites (tertiary alicyclic amines) is 1. The summed E-state index contributed by atoms with van der Waals surface area (Å²) in [4.78, 5) is 40.0. The van der Waals surface area contributed by atoms with Gasteiger partial charge in [0.15, 0.2) is 21.4 Å². The fourth-order valence-corrected chi connectivity index (χ4v) is 6.56. The summed E-state index contributed by atoms with van der Waals surface area (Å²) in [6.45, 7) is 5.36. The van der Waals surface area contributed by atoms with Crippen molar-refractivity contribution in [2.24, 2.45) is 5.73 Å². The van der Waals surface area contributed by atoms with E-state index in [1.807, 2.05) is 0 Å². The first-order valence-corrected chi connectivity index (χ1v) is 16.0. The maximum Gasteiger partial charge on any atom is 0.411 e. The number of carbonyl (C=O) groups is 3. The van der Waals surface area contributed by atoms with Crippen LogP contribution in [0.4, 0.5) is 20.6 Å². The molecule has 13 heteroatoms. The van der Waals surface area contributed by atoms with Crippen LogP contribution in [0.3, 0.4) is 0 Å². The van der Waals surface area contributed by atoms with Crippen molar-refractivity contribution < 1.29 is 36.7 Å². The first-order valence-electron chi connectivity index (χ1n) is 14.5. The van der Waals surface area contributed by atoms with Crippen LogP contribution in [0.2, 0.25) is 0 Å². The third-order valence-electron chi connectivity index (χ3n) is 7.56. The van der Waals surface area contributed by atoms with Crippen LogP contribution in [0, 0.1) is 5.82 Å². The molecule has 240 valence electrons. The Balaban J connectivity index is 1.82. The predicted molar refractivity (Wildman–Crippen MR) is 167 cm³/mol. The summed E-state index contributed by atoms with van der Waals surface area (Å²) in [5.41, 5.74) is 7.15. The Bertz CT molecular complexity index is 1700. The van der Waals surface area contributed by atoms with Gasteiger partial charge in [-0.1, -0.05) is 12.1 Å². The molecule has 0 radical (unpaired) electrons. The van der Waals surface area contributed by atoms with Crippen LogP contribution < -0.4 is 21.1 Å². The highest BCUT2D eigenvalue weighted by atomic mass is 32.2. The number of anilines is 2. The van der Waals surface area contributed by atoms with Crippen molar-refractivity contribution in [3.8, 4) is 5.75 Å². The Hall–Kier alpha value is -4.65. The number of sulfone groups is 1. The van der Waals surface area contributed by atoms with Crippen LogP contribution in [-0.4, -0.2) is 56.7 Å². The maximum absolute atomic E-state index is 14.6. The molecule has 3 amide bonds.